The first-order valence-corrected chi connectivity index (χ1v) is 4.60. The van der Waals surface area contributed by atoms with Crippen molar-refractivity contribution in [2.24, 2.45) is 0 Å². The van der Waals surface area contributed by atoms with E-state index >= 15 is 0 Å². The highest BCUT2D eigenvalue weighted by atomic mass is 19.1. The van der Waals surface area contributed by atoms with E-state index < -0.39 is 0 Å². The lowest BCUT2D eigenvalue weighted by molar-refractivity contribution is 0.0599. The van der Waals surface area contributed by atoms with E-state index in [1.54, 1.807) is 0 Å². The van der Waals surface area contributed by atoms with Gasteiger partial charge in [0.05, 0.1) is 12.7 Å². The molecule has 2 rings (SSSR count). The predicted molar refractivity (Wildman–Crippen MR) is 49.7 cm³/mol. The highest BCUT2D eigenvalue weighted by molar-refractivity contribution is 5.91. The van der Waals surface area contributed by atoms with E-state index in [1.807, 2.05) is 0 Å². The van der Waals surface area contributed by atoms with Crippen molar-refractivity contribution in [2.75, 3.05) is 7.11 Å². The Balaban J connectivity index is 2.42. The number of halogens is 1. The van der Waals surface area contributed by atoms with Crippen LogP contribution in [0.3, 0.4) is 0 Å². The van der Waals surface area contributed by atoms with Gasteiger partial charge in [-0.15, -0.1) is 0 Å². The third-order valence-corrected chi connectivity index (χ3v) is 2.44. The summed E-state index contributed by atoms with van der Waals surface area (Å²) in [5.74, 6) is -0.328. The van der Waals surface area contributed by atoms with Crippen molar-refractivity contribution in [1.29, 1.82) is 0 Å². The van der Waals surface area contributed by atoms with Crippen molar-refractivity contribution in [2.45, 2.75) is 18.8 Å². The zero-order valence-corrected chi connectivity index (χ0v) is 7.92. The second kappa shape index (κ2) is 3.40. The Morgan fingerprint density at radius 3 is 2.79 bits per heavy atom. The van der Waals surface area contributed by atoms with Gasteiger partial charge < -0.3 is 4.74 Å². The van der Waals surface area contributed by atoms with E-state index in [-0.39, 0.29) is 11.8 Å². The number of ether oxygens (including phenoxy) is 1. The molecule has 0 aromatic heterocycles. The van der Waals surface area contributed by atoms with Gasteiger partial charge >= 0.3 is 5.97 Å². The molecule has 0 amide bonds. The van der Waals surface area contributed by atoms with Crippen molar-refractivity contribution < 1.29 is 13.9 Å². The van der Waals surface area contributed by atoms with Gasteiger partial charge in [-0.3, -0.25) is 0 Å². The number of hydrogen-bond donors (Lipinski definition) is 0. The molecule has 2 nitrogen and oxygen atoms in total. The molecule has 0 bridgehead atoms. The third kappa shape index (κ3) is 1.62. The van der Waals surface area contributed by atoms with Gasteiger partial charge in [-0.25, -0.2) is 9.18 Å². The van der Waals surface area contributed by atoms with Crippen LogP contribution in [0.2, 0.25) is 0 Å². The summed E-state index contributed by atoms with van der Waals surface area (Å²) >= 11 is 0. The Bertz CT molecular complexity index is 370. The monoisotopic (exact) mass is 194 g/mol. The van der Waals surface area contributed by atoms with Crippen LogP contribution in [-0.4, -0.2) is 13.1 Å². The summed E-state index contributed by atoms with van der Waals surface area (Å²) in [5.41, 5.74) is 1.29. The lowest BCUT2D eigenvalue weighted by Gasteiger charge is -2.06. The highest BCUT2D eigenvalue weighted by Gasteiger charge is 2.28. The summed E-state index contributed by atoms with van der Waals surface area (Å²) in [6.45, 7) is 0. The molecule has 1 aliphatic carbocycles. The molecule has 0 unspecified atom stereocenters. The molecular formula is C11H11FO2. The van der Waals surface area contributed by atoms with Gasteiger partial charge in [0.25, 0.3) is 0 Å². The molecule has 0 radical (unpaired) electrons. The van der Waals surface area contributed by atoms with Gasteiger partial charge in [0.1, 0.15) is 5.82 Å². The molecule has 74 valence electrons. The van der Waals surface area contributed by atoms with Crippen LogP contribution in [0, 0.1) is 5.82 Å². The Kier molecular flexibility index (Phi) is 2.23. The van der Waals surface area contributed by atoms with Crippen LogP contribution in [0.25, 0.3) is 0 Å². The van der Waals surface area contributed by atoms with Crippen LogP contribution in [0.1, 0.15) is 34.7 Å². The molecule has 0 aliphatic heterocycles. The number of methoxy groups -OCH3 is 1. The second-order valence-electron chi connectivity index (χ2n) is 3.50. The van der Waals surface area contributed by atoms with Gasteiger partial charge in [-0.2, -0.15) is 0 Å². The molecule has 0 heterocycles. The Hall–Kier alpha value is -1.38. The molecule has 3 heteroatoms. The molecule has 0 atom stereocenters. The minimum Gasteiger partial charge on any atom is -0.465 e. The fraction of sp³-hybridized carbons (Fsp3) is 0.364. The molecule has 1 saturated carbocycles. The second-order valence-corrected chi connectivity index (χ2v) is 3.50. The standard InChI is InChI=1S/C11H11FO2/c1-14-11(13)9-5-4-8(12)6-10(9)7-2-3-7/h4-7H,2-3H2,1H3. The fourth-order valence-electron chi connectivity index (χ4n) is 1.56. The summed E-state index contributed by atoms with van der Waals surface area (Å²) < 4.78 is 17.6. The Labute approximate surface area is 81.7 Å². The van der Waals surface area contributed by atoms with Crippen molar-refractivity contribution >= 4 is 5.97 Å². The van der Waals surface area contributed by atoms with Crippen LogP contribution in [-0.2, 0) is 4.74 Å². The van der Waals surface area contributed by atoms with Gasteiger partial charge in [-0.1, -0.05) is 0 Å². The molecular weight excluding hydrogens is 183 g/mol. The molecule has 1 aromatic carbocycles. The van der Waals surface area contributed by atoms with Crippen molar-refractivity contribution in [3.8, 4) is 0 Å². The first kappa shape index (κ1) is 9.19. The third-order valence-electron chi connectivity index (χ3n) is 2.44. The normalized spacial score (nSPS) is 15.3. The predicted octanol–water partition coefficient (Wildman–Crippen LogP) is 2.49. The maximum absolute atomic E-state index is 13.0. The van der Waals surface area contributed by atoms with E-state index in [2.05, 4.69) is 4.74 Å². The zero-order chi connectivity index (χ0) is 10.1. The lowest BCUT2D eigenvalue weighted by Crippen LogP contribution is -2.05. The number of rotatable bonds is 2. The van der Waals surface area contributed by atoms with Gasteiger partial charge in [-0.05, 0) is 42.5 Å². The highest BCUT2D eigenvalue weighted by Crippen LogP contribution is 2.42. The van der Waals surface area contributed by atoms with Crippen LogP contribution >= 0.6 is 0 Å². The summed E-state index contributed by atoms with van der Waals surface area (Å²) in [7, 11) is 1.34. The Morgan fingerprint density at radius 2 is 2.21 bits per heavy atom. The first-order chi connectivity index (χ1) is 6.72. The quantitative estimate of drug-likeness (QED) is 0.676. The maximum Gasteiger partial charge on any atom is 0.338 e. The maximum atomic E-state index is 13.0. The van der Waals surface area contributed by atoms with Gasteiger partial charge in [0.15, 0.2) is 0 Å². The van der Waals surface area contributed by atoms with Crippen LogP contribution < -0.4 is 0 Å². The van der Waals surface area contributed by atoms with Crippen LogP contribution in [0.4, 0.5) is 4.39 Å². The topological polar surface area (TPSA) is 26.3 Å². The van der Waals surface area contributed by atoms with E-state index in [9.17, 15) is 9.18 Å². The smallest absolute Gasteiger partial charge is 0.338 e. The Morgan fingerprint density at radius 1 is 1.50 bits per heavy atom. The van der Waals surface area contributed by atoms with Crippen LogP contribution in [0.15, 0.2) is 18.2 Å². The average Bonchev–Trinajstić information content (AvgIpc) is 3.00. The molecule has 14 heavy (non-hydrogen) atoms. The van der Waals surface area contributed by atoms with E-state index in [0.717, 1.165) is 18.4 Å². The SMILES string of the molecule is COC(=O)c1ccc(F)cc1C1CC1. The number of carbonyl (C=O) groups is 1. The van der Waals surface area contributed by atoms with Crippen LogP contribution in [0.5, 0.6) is 0 Å². The lowest BCUT2D eigenvalue weighted by atomic mass is 10.0. The first-order valence-electron chi connectivity index (χ1n) is 4.60. The average molecular weight is 194 g/mol. The molecule has 0 N–H and O–H groups in total. The molecule has 1 fully saturated rings. The summed E-state index contributed by atoms with van der Waals surface area (Å²) in [4.78, 5) is 11.3. The molecule has 0 spiro atoms. The summed E-state index contributed by atoms with van der Waals surface area (Å²) in [5, 5.41) is 0. The van der Waals surface area contributed by atoms with Crippen molar-refractivity contribution in [3.63, 3.8) is 0 Å². The van der Waals surface area contributed by atoms with E-state index in [4.69, 9.17) is 0 Å². The summed E-state index contributed by atoms with van der Waals surface area (Å²) in [6, 6.07) is 4.22. The van der Waals surface area contributed by atoms with Gasteiger partial charge in [0.2, 0.25) is 0 Å². The van der Waals surface area contributed by atoms with E-state index in [0.29, 0.717) is 11.5 Å². The van der Waals surface area contributed by atoms with Crippen molar-refractivity contribution in [3.05, 3.63) is 35.1 Å². The van der Waals surface area contributed by atoms with Gasteiger partial charge in [0, 0.05) is 0 Å². The number of esters is 1. The van der Waals surface area contributed by atoms with E-state index in [1.165, 1.54) is 25.3 Å². The molecule has 0 saturated heterocycles. The summed E-state index contributed by atoms with van der Waals surface area (Å²) in [6.07, 6.45) is 2.07. The minimum atomic E-state index is -0.382. The zero-order valence-electron chi connectivity index (χ0n) is 7.92. The largest absolute Gasteiger partial charge is 0.465 e. The number of carbonyl (C=O) groups excluding carboxylic acids is 1. The minimum absolute atomic E-state index is 0.292. The molecule has 1 aliphatic rings. The number of benzene rings is 1. The fourth-order valence-corrected chi connectivity index (χ4v) is 1.56. The van der Waals surface area contributed by atoms with Crippen molar-refractivity contribution in [1.82, 2.24) is 0 Å². The number of hydrogen-bond acceptors (Lipinski definition) is 2. The molecule has 1 aromatic rings.